The van der Waals surface area contributed by atoms with E-state index in [2.05, 4.69) is 5.32 Å². The number of carbonyl (C=O) groups excluding carboxylic acids is 3. The Morgan fingerprint density at radius 1 is 1.31 bits per heavy atom. The minimum absolute atomic E-state index is 0. The lowest BCUT2D eigenvalue weighted by Crippen LogP contribution is -2.65. The molecule has 2 amide bonds. The number of nitrogens with one attached hydrogen (secondary N) is 1. The van der Waals surface area contributed by atoms with Gasteiger partial charge in [0.1, 0.15) is 28.7 Å². The Bertz CT molecular complexity index is 1050. The largest absolute Gasteiger partial charge is 0.548 e. The van der Waals surface area contributed by atoms with Crippen LogP contribution in [0.2, 0.25) is 0 Å². The van der Waals surface area contributed by atoms with Crippen LogP contribution in [-0.2, 0) is 19.1 Å². The summed E-state index contributed by atoms with van der Waals surface area (Å²) in [5.41, 5.74) is 0.509. The van der Waals surface area contributed by atoms with E-state index in [9.17, 15) is 34.8 Å². The van der Waals surface area contributed by atoms with Crippen molar-refractivity contribution in [3.8, 4) is 11.5 Å². The molecule has 198 valence electrons. The number of quaternary nitrogens is 1. The third-order valence-corrected chi connectivity index (χ3v) is 6.52. The molecule has 2 fully saturated rings. The molecule has 2 aliphatic rings. The van der Waals surface area contributed by atoms with E-state index in [1.165, 1.54) is 32.2 Å². The SMILES string of the molecule is COc1cc(/C=C2\SC(=S)N(CC(=O)[O-])C2=O)ccc1O[C@@H]1O[C@H](CO)[C@@H](O)[C@H](O)[C@H]1NC(C)=O.[NH4+]. The number of aliphatic hydroxyl groups excluding tert-OH is 3. The lowest BCUT2D eigenvalue weighted by molar-refractivity contribution is -0.305. The van der Waals surface area contributed by atoms with Gasteiger partial charge in [0, 0.05) is 6.92 Å². The number of rotatable bonds is 8. The third-order valence-electron chi connectivity index (χ3n) is 5.14. The van der Waals surface area contributed by atoms with Crippen LogP contribution in [0, 0.1) is 0 Å². The number of hydrogen-bond acceptors (Lipinski definition) is 12. The molecule has 15 heteroatoms. The van der Waals surface area contributed by atoms with E-state index < -0.39 is 61.6 Å². The standard InChI is InChI=1S/C21H24N2O10S2.H3N/c1-9(25)22-16-18(29)17(28)13(8-24)33-20(16)32-11-4-3-10(5-12(11)31-2)6-14-19(30)23(7-15(26)27)21(34)35-14;/h3-6,13,16-18,20,24,28-29H,7-8H2,1-2H3,(H,22,25)(H,26,27);1H3/b14-6-;/t13-,16-,17-,18-,20-;/m1./s1. The molecule has 3 rings (SSSR count). The van der Waals surface area contributed by atoms with Gasteiger partial charge in [-0.3, -0.25) is 14.5 Å². The first kappa shape index (κ1) is 29.4. The van der Waals surface area contributed by atoms with E-state index in [4.69, 9.17) is 26.4 Å². The maximum atomic E-state index is 12.5. The van der Waals surface area contributed by atoms with E-state index in [1.807, 2.05) is 0 Å². The molecule has 0 aliphatic carbocycles. The van der Waals surface area contributed by atoms with E-state index in [0.717, 1.165) is 16.7 Å². The van der Waals surface area contributed by atoms with Crippen molar-refractivity contribution in [1.82, 2.24) is 16.4 Å². The molecule has 5 atom stereocenters. The van der Waals surface area contributed by atoms with Gasteiger partial charge in [-0.05, 0) is 23.8 Å². The maximum Gasteiger partial charge on any atom is 0.266 e. The molecule has 2 heterocycles. The molecule has 13 nitrogen and oxygen atoms in total. The molecule has 0 aromatic heterocycles. The number of benzene rings is 1. The van der Waals surface area contributed by atoms with Gasteiger partial charge >= 0.3 is 0 Å². The Labute approximate surface area is 215 Å². The number of carbonyl (C=O) groups is 3. The predicted octanol–water partition coefficient (Wildman–Crippen LogP) is -1.65. The fourth-order valence-electron chi connectivity index (χ4n) is 3.48. The van der Waals surface area contributed by atoms with Gasteiger partial charge in [0.05, 0.1) is 31.1 Å². The monoisotopic (exact) mass is 545 g/mol. The summed E-state index contributed by atoms with van der Waals surface area (Å²) in [6.45, 7) is -0.0271. The quantitative estimate of drug-likeness (QED) is 0.183. The molecular weight excluding hydrogens is 518 g/mol. The Morgan fingerprint density at radius 3 is 2.58 bits per heavy atom. The van der Waals surface area contributed by atoms with Gasteiger partial charge in [0.25, 0.3) is 5.91 Å². The van der Waals surface area contributed by atoms with Crippen molar-refractivity contribution in [3.63, 3.8) is 0 Å². The van der Waals surface area contributed by atoms with Crippen molar-refractivity contribution < 1.29 is 49.0 Å². The third kappa shape index (κ3) is 6.50. The van der Waals surface area contributed by atoms with E-state index in [0.29, 0.717) is 5.56 Å². The van der Waals surface area contributed by atoms with Crippen LogP contribution in [0.3, 0.4) is 0 Å². The summed E-state index contributed by atoms with van der Waals surface area (Å²) in [4.78, 5) is 36.1. The zero-order valence-electron chi connectivity index (χ0n) is 19.6. The summed E-state index contributed by atoms with van der Waals surface area (Å²) in [6, 6.07) is 3.45. The van der Waals surface area contributed by atoms with Crippen LogP contribution >= 0.6 is 24.0 Å². The number of aliphatic carboxylic acids is 1. The van der Waals surface area contributed by atoms with Crippen molar-refractivity contribution in [1.29, 1.82) is 0 Å². The van der Waals surface area contributed by atoms with Gasteiger partial charge in [-0.1, -0.05) is 30.0 Å². The second-order valence-corrected chi connectivity index (χ2v) is 9.28. The molecule has 0 bridgehead atoms. The molecular formula is C21H27N3O10S2. The number of methoxy groups -OCH3 is 1. The summed E-state index contributed by atoms with van der Waals surface area (Å²) >= 11 is 6.00. The Morgan fingerprint density at radius 2 is 2.00 bits per heavy atom. The molecule has 0 saturated carbocycles. The zero-order chi connectivity index (χ0) is 25.9. The first-order valence-corrected chi connectivity index (χ1v) is 11.5. The zero-order valence-corrected chi connectivity index (χ0v) is 21.2. The topological polar surface area (TPSA) is 214 Å². The summed E-state index contributed by atoms with van der Waals surface area (Å²) < 4.78 is 16.8. The highest BCUT2D eigenvalue weighted by molar-refractivity contribution is 8.26. The van der Waals surface area contributed by atoms with Gasteiger partial charge in [0.15, 0.2) is 11.5 Å². The number of thioether (sulfide) groups is 1. The second kappa shape index (κ2) is 12.4. The molecule has 2 aliphatic heterocycles. The first-order chi connectivity index (χ1) is 16.5. The second-order valence-electron chi connectivity index (χ2n) is 7.60. The Hall–Kier alpha value is -2.79. The maximum absolute atomic E-state index is 12.5. The number of nitrogens with zero attached hydrogens (tertiary/aromatic N) is 1. The van der Waals surface area contributed by atoms with Gasteiger partial charge in [-0.2, -0.15) is 0 Å². The number of thiocarbonyl (C=S) groups is 1. The summed E-state index contributed by atoms with van der Waals surface area (Å²) in [7, 11) is 1.37. The van der Waals surface area contributed by atoms with Crippen molar-refractivity contribution >= 4 is 52.2 Å². The minimum Gasteiger partial charge on any atom is -0.548 e. The van der Waals surface area contributed by atoms with Gasteiger partial charge < -0.3 is 50.9 Å². The number of ether oxygens (including phenoxy) is 3. The van der Waals surface area contributed by atoms with E-state index >= 15 is 0 Å². The fraction of sp³-hybridized carbons (Fsp3) is 0.429. The van der Waals surface area contributed by atoms with E-state index in [1.54, 1.807) is 6.07 Å². The van der Waals surface area contributed by atoms with Crippen LogP contribution in [0.1, 0.15) is 12.5 Å². The number of carboxylic acid groups (broad SMARTS) is 1. The lowest BCUT2D eigenvalue weighted by atomic mass is 9.97. The van der Waals surface area contributed by atoms with Crippen LogP contribution in [0.15, 0.2) is 23.1 Å². The normalized spacial score (nSPS) is 27.0. The van der Waals surface area contributed by atoms with Crippen molar-refractivity contribution in [2.24, 2.45) is 0 Å². The van der Waals surface area contributed by atoms with Crippen LogP contribution in [-0.4, -0.2) is 93.2 Å². The van der Waals surface area contributed by atoms with Gasteiger partial charge in [-0.15, -0.1) is 0 Å². The van der Waals surface area contributed by atoms with Crippen molar-refractivity contribution in [2.45, 2.75) is 37.6 Å². The molecule has 0 spiro atoms. The molecule has 0 unspecified atom stereocenters. The highest BCUT2D eigenvalue weighted by Gasteiger charge is 2.46. The molecule has 1 aromatic carbocycles. The molecule has 0 radical (unpaired) electrons. The highest BCUT2D eigenvalue weighted by Crippen LogP contribution is 2.36. The Balaban J connectivity index is 0.00000456. The lowest BCUT2D eigenvalue weighted by Gasteiger charge is -2.42. The Kier molecular flexibility index (Phi) is 10.2. The average molecular weight is 546 g/mol. The van der Waals surface area contributed by atoms with E-state index in [-0.39, 0.29) is 26.9 Å². The van der Waals surface area contributed by atoms with Gasteiger partial charge in [-0.25, -0.2) is 0 Å². The average Bonchev–Trinajstić information content (AvgIpc) is 3.06. The number of amides is 2. The first-order valence-electron chi connectivity index (χ1n) is 10.2. The van der Waals surface area contributed by atoms with Crippen LogP contribution in [0.4, 0.5) is 0 Å². The van der Waals surface area contributed by atoms with Gasteiger partial charge in [0.2, 0.25) is 12.2 Å². The molecule has 8 N–H and O–H groups in total. The van der Waals surface area contributed by atoms with Crippen LogP contribution in [0.5, 0.6) is 11.5 Å². The number of aliphatic hydroxyl groups is 3. The number of hydrogen-bond donors (Lipinski definition) is 5. The molecule has 36 heavy (non-hydrogen) atoms. The van der Waals surface area contributed by atoms with Crippen molar-refractivity contribution in [2.75, 3.05) is 20.3 Å². The van der Waals surface area contributed by atoms with Crippen LogP contribution < -0.4 is 26.0 Å². The summed E-state index contributed by atoms with van der Waals surface area (Å²) in [5.74, 6) is -2.15. The predicted molar refractivity (Wildman–Crippen MR) is 130 cm³/mol. The van der Waals surface area contributed by atoms with Crippen LogP contribution in [0.25, 0.3) is 6.08 Å². The summed E-state index contributed by atoms with van der Waals surface area (Å²) in [6.07, 6.45) is -3.89. The van der Waals surface area contributed by atoms with Crippen molar-refractivity contribution in [3.05, 3.63) is 28.7 Å². The minimum atomic E-state index is -1.48. The molecule has 1 aromatic rings. The number of carboxylic acids is 1. The fourth-order valence-corrected chi connectivity index (χ4v) is 4.74. The highest BCUT2D eigenvalue weighted by atomic mass is 32.2. The summed E-state index contributed by atoms with van der Waals surface area (Å²) in [5, 5.41) is 43.3. The smallest absolute Gasteiger partial charge is 0.266 e. The molecule has 2 saturated heterocycles.